The van der Waals surface area contributed by atoms with Gasteiger partial charge in [0.05, 0.1) is 19.8 Å². The van der Waals surface area contributed by atoms with E-state index in [1.807, 2.05) is 0 Å². The maximum Gasteiger partial charge on any atom is 0.337 e. The Morgan fingerprint density at radius 3 is 2.58 bits per heavy atom. The minimum Gasteiger partial charge on any atom is -0.495 e. The number of rotatable bonds is 5. The summed E-state index contributed by atoms with van der Waals surface area (Å²) >= 11 is 0. The van der Waals surface area contributed by atoms with E-state index in [0.29, 0.717) is 13.1 Å². The molecular weight excluding hydrogens is 358 g/mol. The third kappa shape index (κ3) is 3.71. The fourth-order valence-electron chi connectivity index (χ4n) is 3.54. The van der Waals surface area contributed by atoms with Gasteiger partial charge in [-0.2, -0.15) is 4.31 Å². The average Bonchev–Trinajstić information content (AvgIpc) is 3.18. The van der Waals surface area contributed by atoms with E-state index in [0.717, 1.165) is 32.6 Å². The summed E-state index contributed by atoms with van der Waals surface area (Å²) in [6.07, 6.45) is 0.804. The molecule has 0 saturated carbocycles. The summed E-state index contributed by atoms with van der Waals surface area (Å²) in [7, 11) is -1.08. The summed E-state index contributed by atoms with van der Waals surface area (Å²) in [5.74, 6) is -0.354. The largest absolute Gasteiger partial charge is 0.495 e. The van der Waals surface area contributed by atoms with Crippen LogP contribution in [-0.2, 0) is 14.8 Å². The van der Waals surface area contributed by atoms with Crippen LogP contribution in [0, 0.1) is 0 Å². The molecule has 0 aliphatic carbocycles. The van der Waals surface area contributed by atoms with Crippen molar-refractivity contribution in [1.82, 2.24) is 14.5 Å². The van der Waals surface area contributed by atoms with Crippen LogP contribution in [0.2, 0.25) is 0 Å². The van der Waals surface area contributed by atoms with Gasteiger partial charge in [0.15, 0.2) is 0 Å². The van der Waals surface area contributed by atoms with Crippen molar-refractivity contribution < 1.29 is 22.7 Å². The average molecular weight is 383 g/mol. The Hall–Kier alpha value is -1.68. The smallest absolute Gasteiger partial charge is 0.337 e. The molecule has 1 N–H and O–H groups in total. The molecule has 1 aromatic rings. The molecule has 2 saturated heterocycles. The van der Waals surface area contributed by atoms with Gasteiger partial charge < -0.3 is 14.8 Å². The molecule has 0 amide bonds. The molecule has 144 valence electrons. The Labute approximate surface area is 154 Å². The monoisotopic (exact) mass is 383 g/mol. The first-order valence-electron chi connectivity index (χ1n) is 8.68. The second kappa shape index (κ2) is 7.91. The highest BCUT2D eigenvalue weighted by Crippen LogP contribution is 2.31. The van der Waals surface area contributed by atoms with Crippen LogP contribution in [0.25, 0.3) is 0 Å². The number of carbonyl (C=O) groups is 1. The fourth-order valence-corrected chi connectivity index (χ4v) is 5.21. The summed E-state index contributed by atoms with van der Waals surface area (Å²) in [5.41, 5.74) is 0.185. The van der Waals surface area contributed by atoms with Gasteiger partial charge in [0, 0.05) is 45.3 Å². The van der Waals surface area contributed by atoms with Crippen molar-refractivity contribution in [2.24, 2.45) is 0 Å². The first kappa shape index (κ1) is 19.1. The zero-order valence-electron chi connectivity index (χ0n) is 15.1. The zero-order valence-corrected chi connectivity index (χ0v) is 15.9. The predicted octanol–water partition coefficient (Wildman–Crippen LogP) is 0.150. The number of benzene rings is 1. The Morgan fingerprint density at radius 1 is 1.19 bits per heavy atom. The summed E-state index contributed by atoms with van der Waals surface area (Å²) in [6.45, 7) is 4.63. The lowest BCUT2D eigenvalue weighted by molar-refractivity contribution is 0.0600. The van der Waals surface area contributed by atoms with Crippen LogP contribution in [-0.4, -0.2) is 83.1 Å². The molecule has 0 bridgehead atoms. The molecule has 2 fully saturated rings. The molecule has 3 rings (SSSR count). The van der Waals surface area contributed by atoms with E-state index in [-0.39, 0.29) is 22.3 Å². The first-order valence-corrected chi connectivity index (χ1v) is 10.1. The minimum absolute atomic E-state index is 0.00357. The maximum absolute atomic E-state index is 13.2. The van der Waals surface area contributed by atoms with Crippen molar-refractivity contribution >= 4 is 16.0 Å². The molecule has 2 aliphatic rings. The van der Waals surface area contributed by atoms with Crippen LogP contribution >= 0.6 is 0 Å². The second-order valence-electron chi connectivity index (χ2n) is 6.45. The van der Waals surface area contributed by atoms with Crippen molar-refractivity contribution in [3.8, 4) is 5.75 Å². The van der Waals surface area contributed by atoms with E-state index in [2.05, 4.69) is 10.2 Å². The summed E-state index contributed by atoms with van der Waals surface area (Å²) in [5, 5.41) is 3.31. The minimum atomic E-state index is -3.76. The number of sulfonamides is 1. The molecule has 0 spiro atoms. The number of methoxy groups -OCH3 is 2. The molecule has 2 heterocycles. The normalized spacial score (nSPS) is 22.3. The lowest BCUT2D eigenvalue weighted by atomic mass is 10.2. The number of carbonyl (C=O) groups excluding carboxylic acids is 1. The summed E-state index contributed by atoms with van der Waals surface area (Å²) in [6, 6.07) is 4.54. The van der Waals surface area contributed by atoms with Gasteiger partial charge in [-0.15, -0.1) is 0 Å². The van der Waals surface area contributed by atoms with E-state index in [9.17, 15) is 13.2 Å². The van der Waals surface area contributed by atoms with Gasteiger partial charge in [0.2, 0.25) is 10.0 Å². The van der Waals surface area contributed by atoms with Gasteiger partial charge in [-0.1, -0.05) is 0 Å². The van der Waals surface area contributed by atoms with E-state index in [4.69, 9.17) is 9.47 Å². The molecule has 26 heavy (non-hydrogen) atoms. The number of hydrogen-bond donors (Lipinski definition) is 1. The number of esters is 1. The van der Waals surface area contributed by atoms with Crippen LogP contribution in [0.3, 0.4) is 0 Å². The quantitative estimate of drug-likeness (QED) is 0.724. The number of ether oxygens (including phenoxy) is 2. The van der Waals surface area contributed by atoms with Gasteiger partial charge in [-0.3, -0.25) is 4.90 Å². The van der Waals surface area contributed by atoms with E-state index in [1.54, 1.807) is 0 Å². The van der Waals surface area contributed by atoms with Crippen LogP contribution in [0.4, 0.5) is 0 Å². The SMILES string of the molecule is COC(=O)c1ccc(OC)c(S(=O)(=O)N2CCC(N3CCNCC3)C2)c1. The zero-order chi connectivity index (χ0) is 18.7. The molecule has 9 heteroatoms. The fraction of sp³-hybridized carbons (Fsp3) is 0.588. The standard InChI is InChI=1S/C17H25N3O5S/c1-24-15-4-3-13(17(21)25-2)11-16(15)26(22,23)20-8-5-14(12-20)19-9-6-18-7-10-19/h3-4,11,14,18H,5-10,12H2,1-2H3. The Kier molecular flexibility index (Phi) is 5.81. The lowest BCUT2D eigenvalue weighted by Crippen LogP contribution is -2.49. The van der Waals surface area contributed by atoms with Gasteiger partial charge in [0.25, 0.3) is 0 Å². The number of nitrogens with zero attached hydrogens (tertiary/aromatic N) is 2. The highest BCUT2D eigenvalue weighted by Gasteiger charge is 2.37. The van der Waals surface area contributed by atoms with Crippen molar-refractivity contribution in [2.75, 3.05) is 53.5 Å². The van der Waals surface area contributed by atoms with Crippen molar-refractivity contribution in [2.45, 2.75) is 17.4 Å². The molecule has 1 aromatic carbocycles. The Bertz CT molecular complexity index is 762. The predicted molar refractivity (Wildman–Crippen MR) is 95.9 cm³/mol. The van der Waals surface area contributed by atoms with E-state index < -0.39 is 16.0 Å². The van der Waals surface area contributed by atoms with Crippen LogP contribution < -0.4 is 10.1 Å². The molecule has 1 atom stereocenters. The lowest BCUT2D eigenvalue weighted by Gasteiger charge is -2.32. The van der Waals surface area contributed by atoms with Gasteiger partial charge in [0.1, 0.15) is 10.6 Å². The number of nitrogens with one attached hydrogen (secondary N) is 1. The number of hydrogen-bond acceptors (Lipinski definition) is 7. The van der Waals surface area contributed by atoms with Gasteiger partial charge >= 0.3 is 5.97 Å². The molecule has 0 aromatic heterocycles. The highest BCUT2D eigenvalue weighted by atomic mass is 32.2. The molecular formula is C17H25N3O5S. The third-order valence-corrected chi connectivity index (χ3v) is 6.88. The van der Waals surface area contributed by atoms with Crippen LogP contribution in [0.5, 0.6) is 5.75 Å². The summed E-state index contributed by atoms with van der Waals surface area (Å²) in [4.78, 5) is 14.1. The van der Waals surface area contributed by atoms with Gasteiger partial charge in [-0.25, -0.2) is 13.2 Å². The third-order valence-electron chi connectivity index (χ3n) is 5.00. The van der Waals surface area contributed by atoms with Crippen molar-refractivity contribution in [1.29, 1.82) is 0 Å². The molecule has 1 unspecified atom stereocenters. The molecule has 8 nitrogen and oxygen atoms in total. The Morgan fingerprint density at radius 2 is 1.92 bits per heavy atom. The van der Waals surface area contributed by atoms with Crippen molar-refractivity contribution in [3.63, 3.8) is 0 Å². The second-order valence-corrected chi connectivity index (χ2v) is 8.36. The number of piperazine rings is 1. The van der Waals surface area contributed by atoms with E-state index in [1.165, 1.54) is 36.7 Å². The van der Waals surface area contributed by atoms with Crippen LogP contribution in [0.15, 0.2) is 23.1 Å². The van der Waals surface area contributed by atoms with Gasteiger partial charge in [-0.05, 0) is 24.6 Å². The first-order chi connectivity index (χ1) is 12.5. The molecule has 0 radical (unpaired) electrons. The summed E-state index contributed by atoms with van der Waals surface area (Å²) < 4.78 is 37.7. The highest BCUT2D eigenvalue weighted by molar-refractivity contribution is 7.89. The Balaban J connectivity index is 1.84. The molecule has 2 aliphatic heterocycles. The van der Waals surface area contributed by atoms with Crippen LogP contribution in [0.1, 0.15) is 16.8 Å². The van der Waals surface area contributed by atoms with E-state index >= 15 is 0 Å². The maximum atomic E-state index is 13.2. The topological polar surface area (TPSA) is 88.2 Å². The van der Waals surface area contributed by atoms with Crippen molar-refractivity contribution in [3.05, 3.63) is 23.8 Å².